The standard InChI is InChI=1S/C20H21ClF2N4O/c1-12-11-26(18-5-4-17(21)24-25-18)6-7-27(12)19(28)10-13-8-15(22)20(14-2-3-14)16(23)9-13/h4-5,8-9,12,14H,2-3,6-7,10-11H2,1H3/t12-/m0/s1. The number of halogens is 3. The molecule has 0 spiro atoms. The number of carbonyl (C=O) groups excluding carboxylic acids is 1. The number of amides is 1. The van der Waals surface area contributed by atoms with E-state index in [9.17, 15) is 13.6 Å². The number of hydrogen-bond donors (Lipinski definition) is 0. The van der Waals surface area contributed by atoms with E-state index < -0.39 is 11.6 Å². The van der Waals surface area contributed by atoms with E-state index in [1.807, 2.05) is 11.8 Å². The smallest absolute Gasteiger partial charge is 0.227 e. The van der Waals surface area contributed by atoms with Gasteiger partial charge in [-0.2, -0.15) is 0 Å². The van der Waals surface area contributed by atoms with E-state index in [1.54, 1.807) is 17.0 Å². The first-order valence-corrected chi connectivity index (χ1v) is 9.81. The molecule has 1 aromatic heterocycles. The van der Waals surface area contributed by atoms with Crippen LogP contribution in [-0.4, -0.2) is 46.7 Å². The van der Waals surface area contributed by atoms with Gasteiger partial charge in [0, 0.05) is 31.2 Å². The Labute approximate surface area is 167 Å². The number of anilines is 1. The van der Waals surface area contributed by atoms with Crippen LogP contribution >= 0.6 is 11.6 Å². The third-order valence-corrected chi connectivity index (χ3v) is 5.57. The predicted octanol–water partition coefficient (Wildman–Crippen LogP) is 3.57. The van der Waals surface area contributed by atoms with Crippen LogP contribution in [0, 0.1) is 11.6 Å². The quantitative estimate of drug-likeness (QED) is 0.779. The summed E-state index contributed by atoms with van der Waals surface area (Å²) in [6, 6.07) is 6.03. The van der Waals surface area contributed by atoms with Gasteiger partial charge in [0.15, 0.2) is 11.0 Å². The van der Waals surface area contributed by atoms with Gasteiger partial charge in [-0.15, -0.1) is 10.2 Å². The summed E-state index contributed by atoms with van der Waals surface area (Å²) in [7, 11) is 0. The second kappa shape index (κ2) is 7.62. The molecule has 0 N–H and O–H groups in total. The van der Waals surface area contributed by atoms with Gasteiger partial charge >= 0.3 is 0 Å². The number of aromatic nitrogens is 2. The van der Waals surface area contributed by atoms with Gasteiger partial charge in [-0.3, -0.25) is 4.79 Å². The molecule has 148 valence electrons. The molecule has 1 aliphatic carbocycles. The van der Waals surface area contributed by atoms with Crippen molar-refractivity contribution in [3.63, 3.8) is 0 Å². The van der Waals surface area contributed by atoms with Crippen LogP contribution in [0.2, 0.25) is 5.15 Å². The van der Waals surface area contributed by atoms with Gasteiger partial charge in [0.1, 0.15) is 11.6 Å². The lowest BCUT2D eigenvalue weighted by Crippen LogP contribution is -2.54. The van der Waals surface area contributed by atoms with Crippen LogP contribution in [-0.2, 0) is 11.2 Å². The van der Waals surface area contributed by atoms with E-state index >= 15 is 0 Å². The van der Waals surface area contributed by atoms with Crippen molar-refractivity contribution in [3.05, 3.63) is 52.2 Å². The summed E-state index contributed by atoms with van der Waals surface area (Å²) in [5.74, 6) is -0.502. The normalized spacial score (nSPS) is 19.8. The number of nitrogens with zero attached hydrogens (tertiary/aromatic N) is 4. The molecule has 1 amide bonds. The molecule has 5 nitrogen and oxygen atoms in total. The SMILES string of the molecule is C[C@H]1CN(c2ccc(Cl)nn2)CCN1C(=O)Cc1cc(F)c(C2CC2)c(F)c1. The highest BCUT2D eigenvalue weighted by Crippen LogP contribution is 2.42. The average Bonchev–Trinajstić information content (AvgIpc) is 3.46. The minimum atomic E-state index is -0.538. The van der Waals surface area contributed by atoms with Gasteiger partial charge in [0.2, 0.25) is 5.91 Å². The molecule has 2 aromatic rings. The first-order valence-electron chi connectivity index (χ1n) is 9.44. The highest BCUT2D eigenvalue weighted by Gasteiger charge is 2.31. The average molecular weight is 407 g/mol. The van der Waals surface area contributed by atoms with Gasteiger partial charge in [0.25, 0.3) is 0 Å². The van der Waals surface area contributed by atoms with Gasteiger partial charge in [-0.1, -0.05) is 11.6 Å². The molecule has 1 aliphatic heterocycles. The monoisotopic (exact) mass is 406 g/mol. The highest BCUT2D eigenvalue weighted by atomic mass is 35.5. The van der Waals surface area contributed by atoms with E-state index in [0.717, 1.165) is 12.8 Å². The van der Waals surface area contributed by atoms with Crippen molar-refractivity contribution in [2.75, 3.05) is 24.5 Å². The molecule has 0 bridgehead atoms. The highest BCUT2D eigenvalue weighted by molar-refractivity contribution is 6.29. The molecule has 2 aliphatic rings. The molecule has 28 heavy (non-hydrogen) atoms. The number of carbonyl (C=O) groups is 1. The Morgan fingerprint density at radius 1 is 1.18 bits per heavy atom. The van der Waals surface area contributed by atoms with Crippen LogP contribution in [0.15, 0.2) is 24.3 Å². The summed E-state index contributed by atoms with van der Waals surface area (Å²) in [5, 5.41) is 8.26. The maximum Gasteiger partial charge on any atom is 0.227 e. The lowest BCUT2D eigenvalue weighted by molar-refractivity contribution is -0.132. The van der Waals surface area contributed by atoms with E-state index in [1.165, 1.54) is 12.1 Å². The predicted molar refractivity (Wildman–Crippen MR) is 102 cm³/mol. The summed E-state index contributed by atoms with van der Waals surface area (Å²) in [6.45, 7) is 3.67. The first kappa shape index (κ1) is 19.1. The molecular formula is C20H21ClF2N4O. The van der Waals surface area contributed by atoms with Gasteiger partial charge < -0.3 is 9.80 Å². The summed E-state index contributed by atoms with van der Waals surface area (Å²) < 4.78 is 28.5. The fraction of sp³-hybridized carbons (Fsp3) is 0.450. The lowest BCUT2D eigenvalue weighted by Gasteiger charge is -2.40. The topological polar surface area (TPSA) is 49.3 Å². The number of rotatable bonds is 4. The third kappa shape index (κ3) is 3.94. The van der Waals surface area contributed by atoms with Crippen LogP contribution in [0.25, 0.3) is 0 Å². The zero-order valence-electron chi connectivity index (χ0n) is 15.5. The van der Waals surface area contributed by atoms with Crippen molar-refractivity contribution in [3.8, 4) is 0 Å². The number of piperazine rings is 1. The minimum absolute atomic E-state index is 0.00572. The zero-order valence-corrected chi connectivity index (χ0v) is 16.3. The lowest BCUT2D eigenvalue weighted by atomic mass is 10.0. The Morgan fingerprint density at radius 3 is 2.46 bits per heavy atom. The van der Waals surface area contributed by atoms with Crippen LogP contribution in [0.3, 0.4) is 0 Å². The summed E-state index contributed by atoms with van der Waals surface area (Å²) >= 11 is 5.78. The molecule has 8 heteroatoms. The fourth-order valence-electron chi connectivity index (χ4n) is 3.79. The van der Waals surface area contributed by atoms with Gasteiger partial charge in [-0.25, -0.2) is 8.78 Å². The molecule has 1 saturated carbocycles. The minimum Gasteiger partial charge on any atom is -0.351 e. The van der Waals surface area contributed by atoms with Crippen LogP contribution in [0.1, 0.15) is 36.8 Å². The molecular weight excluding hydrogens is 386 g/mol. The Balaban J connectivity index is 1.41. The Morgan fingerprint density at radius 2 is 1.89 bits per heavy atom. The molecule has 1 saturated heterocycles. The Bertz CT molecular complexity index is 865. The number of benzene rings is 1. The maximum absolute atomic E-state index is 14.2. The Kier molecular flexibility index (Phi) is 5.19. The summed E-state index contributed by atoms with van der Waals surface area (Å²) in [5.41, 5.74) is 0.546. The van der Waals surface area contributed by atoms with Crippen molar-refractivity contribution in [2.45, 2.75) is 38.1 Å². The van der Waals surface area contributed by atoms with Crippen molar-refractivity contribution >= 4 is 23.3 Å². The van der Waals surface area contributed by atoms with Crippen molar-refractivity contribution in [1.29, 1.82) is 0 Å². The van der Waals surface area contributed by atoms with Crippen molar-refractivity contribution in [2.24, 2.45) is 0 Å². The Hall–Kier alpha value is -2.28. The third-order valence-electron chi connectivity index (χ3n) is 5.37. The van der Waals surface area contributed by atoms with E-state index in [-0.39, 0.29) is 29.9 Å². The second-order valence-corrected chi connectivity index (χ2v) is 7.91. The van der Waals surface area contributed by atoms with E-state index in [2.05, 4.69) is 10.2 Å². The van der Waals surface area contributed by atoms with Crippen molar-refractivity contribution in [1.82, 2.24) is 15.1 Å². The van der Waals surface area contributed by atoms with Crippen LogP contribution < -0.4 is 4.90 Å². The first-order chi connectivity index (χ1) is 13.4. The summed E-state index contributed by atoms with van der Waals surface area (Å²) in [6.07, 6.45) is 1.64. The van der Waals surface area contributed by atoms with E-state index in [0.29, 0.717) is 36.2 Å². The molecule has 1 atom stereocenters. The molecule has 0 radical (unpaired) electrons. The van der Waals surface area contributed by atoms with Gasteiger partial charge in [-0.05, 0) is 55.5 Å². The number of hydrogen-bond acceptors (Lipinski definition) is 4. The molecule has 2 fully saturated rings. The van der Waals surface area contributed by atoms with Crippen molar-refractivity contribution < 1.29 is 13.6 Å². The largest absolute Gasteiger partial charge is 0.351 e. The fourth-order valence-corrected chi connectivity index (χ4v) is 3.89. The maximum atomic E-state index is 14.2. The van der Waals surface area contributed by atoms with Gasteiger partial charge in [0.05, 0.1) is 6.42 Å². The zero-order chi connectivity index (χ0) is 19.8. The summed E-state index contributed by atoms with van der Waals surface area (Å²) in [4.78, 5) is 16.5. The van der Waals surface area contributed by atoms with Crippen LogP contribution in [0.4, 0.5) is 14.6 Å². The molecule has 0 unspecified atom stereocenters. The second-order valence-electron chi connectivity index (χ2n) is 7.52. The van der Waals surface area contributed by atoms with Crippen LogP contribution in [0.5, 0.6) is 0 Å². The molecule has 2 heterocycles. The molecule has 1 aromatic carbocycles. The molecule has 4 rings (SSSR count). The van der Waals surface area contributed by atoms with E-state index in [4.69, 9.17) is 11.6 Å².